The fourth-order valence-corrected chi connectivity index (χ4v) is 2.04. The van der Waals surface area contributed by atoms with Crippen LogP contribution < -0.4 is 5.32 Å². The Hall–Kier alpha value is -1.46. The molecular weight excluding hydrogens is 240 g/mol. The van der Waals surface area contributed by atoms with Crippen LogP contribution in [0.2, 0.25) is 0 Å². The summed E-state index contributed by atoms with van der Waals surface area (Å²) in [7, 11) is 0. The van der Waals surface area contributed by atoms with Gasteiger partial charge in [0.25, 0.3) is 5.91 Å². The molecule has 0 bridgehead atoms. The van der Waals surface area contributed by atoms with Gasteiger partial charge in [0.05, 0.1) is 0 Å². The van der Waals surface area contributed by atoms with Gasteiger partial charge in [0.1, 0.15) is 5.69 Å². The highest BCUT2D eigenvalue weighted by Crippen LogP contribution is 2.11. The highest BCUT2D eigenvalue weighted by molar-refractivity contribution is 7.73. The maximum Gasteiger partial charge on any atom is 0.272 e. The van der Waals surface area contributed by atoms with Gasteiger partial charge in [-0.05, 0) is 31.3 Å². The first-order valence-corrected chi connectivity index (χ1v) is 6.00. The van der Waals surface area contributed by atoms with Gasteiger partial charge in [0.2, 0.25) is 0 Å². The molecule has 2 rings (SSSR count). The zero-order valence-corrected chi connectivity index (χ0v) is 10.2. The molecule has 82 valence electrons. The van der Waals surface area contributed by atoms with Crippen LogP contribution in [0.4, 0.5) is 5.69 Å². The third-order valence-electron chi connectivity index (χ3n) is 2.07. The number of carbonyl (C=O) groups is 1. The van der Waals surface area contributed by atoms with Gasteiger partial charge >= 0.3 is 0 Å². The summed E-state index contributed by atoms with van der Waals surface area (Å²) < 4.78 is 0.606. The maximum absolute atomic E-state index is 11.7. The van der Waals surface area contributed by atoms with E-state index in [1.54, 1.807) is 5.38 Å². The number of amides is 1. The second-order valence-electron chi connectivity index (χ2n) is 3.38. The number of hydrogen-bond donors (Lipinski definition) is 2. The molecule has 0 aliphatic carbocycles. The van der Waals surface area contributed by atoms with Gasteiger partial charge < -0.3 is 10.3 Å². The molecule has 0 aliphatic heterocycles. The Kier molecular flexibility index (Phi) is 3.17. The Labute approximate surface area is 102 Å². The van der Waals surface area contributed by atoms with E-state index in [4.69, 9.17) is 12.2 Å². The zero-order chi connectivity index (χ0) is 11.5. The summed E-state index contributed by atoms with van der Waals surface area (Å²) in [5.41, 5.74) is 2.43. The van der Waals surface area contributed by atoms with Crippen LogP contribution >= 0.6 is 23.6 Å². The van der Waals surface area contributed by atoms with Crippen molar-refractivity contribution in [3.05, 3.63) is 44.9 Å². The minimum Gasteiger partial charge on any atom is -0.333 e. The van der Waals surface area contributed by atoms with Gasteiger partial charge in [-0.3, -0.25) is 4.79 Å². The summed E-state index contributed by atoms with van der Waals surface area (Å²) in [4.78, 5) is 14.6. The summed E-state index contributed by atoms with van der Waals surface area (Å²) in [5.74, 6) is -0.170. The Morgan fingerprint density at radius 3 is 2.62 bits per heavy atom. The molecule has 1 amide bonds. The molecular formula is C11H10N2OS2. The molecule has 0 unspecified atom stereocenters. The Morgan fingerprint density at radius 1 is 1.38 bits per heavy atom. The molecule has 0 atom stereocenters. The molecule has 1 heterocycles. The number of thiazole rings is 1. The van der Waals surface area contributed by atoms with Gasteiger partial charge in [-0.2, -0.15) is 0 Å². The van der Waals surface area contributed by atoms with E-state index in [0.717, 1.165) is 11.3 Å². The van der Waals surface area contributed by atoms with Crippen LogP contribution in [0.5, 0.6) is 0 Å². The number of aryl methyl sites for hydroxylation is 1. The summed E-state index contributed by atoms with van der Waals surface area (Å²) in [5, 5.41) is 4.50. The molecule has 16 heavy (non-hydrogen) atoms. The molecule has 1 aromatic heterocycles. The number of H-pyrrole nitrogens is 1. The molecule has 0 radical (unpaired) electrons. The number of hydrogen-bond acceptors (Lipinski definition) is 3. The van der Waals surface area contributed by atoms with Crippen molar-refractivity contribution in [2.24, 2.45) is 0 Å². The molecule has 5 heteroatoms. The van der Waals surface area contributed by atoms with Crippen molar-refractivity contribution >= 4 is 35.1 Å². The van der Waals surface area contributed by atoms with Crippen LogP contribution in [-0.2, 0) is 0 Å². The second-order valence-corrected chi connectivity index (χ2v) is 4.93. The SMILES string of the molecule is Cc1ccc(NC(=O)c2csc(=S)[nH]2)cc1. The number of benzene rings is 1. The molecule has 1 aromatic carbocycles. The number of anilines is 1. The van der Waals surface area contributed by atoms with Crippen molar-refractivity contribution in [2.45, 2.75) is 6.92 Å². The minimum atomic E-state index is -0.170. The van der Waals surface area contributed by atoms with E-state index in [-0.39, 0.29) is 5.91 Å². The lowest BCUT2D eigenvalue weighted by molar-refractivity contribution is 0.102. The number of nitrogens with one attached hydrogen (secondary N) is 2. The third-order valence-corrected chi connectivity index (χ3v) is 3.14. The number of rotatable bonds is 2. The second kappa shape index (κ2) is 4.59. The van der Waals surface area contributed by atoms with Crippen molar-refractivity contribution in [3.8, 4) is 0 Å². The third kappa shape index (κ3) is 2.56. The predicted molar refractivity (Wildman–Crippen MR) is 68.6 cm³/mol. The van der Waals surface area contributed by atoms with Crippen molar-refractivity contribution in [2.75, 3.05) is 5.32 Å². The molecule has 2 aromatic rings. The Bertz CT molecular complexity index is 554. The van der Waals surface area contributed by atoms with E-state index in [0.29, 0.717) is 9.65 Å². The topological polar surface area (TPSA) is 44.9 Å². The van der Waals surface area contributed by atoms with Crippen molar-refractivity contribution in [1.82, 2.24) is 4.98 Å². The Morgan fingerprint density at radius 2 is 2.06 bits per heavy atom. The minimum absolute atomic E-state index is 0.170. The molecule has 3 nitrogen and oxygen atoms in total. The molecule has 0 aliphatic rings. The van der Waals surface area contributed by atoms with Gasteiger partial charge in [0.15, 0.2) is 3.95 Å². The van der Waals surface area contributed by atoms with Crippen LogP contribution in [-0.4, -0.2) is 10.9 Å². The molecule has 0 saturated heterocycles. The van der Waals surface area contributed by atoms with Crippen molar-refractivity contribution in [3.63, 3.8) is 0 Å². The van der Waals surface area contributed by atoms with Crippen LogP contribution in [0.3, 0.4) is 0 Å². The molecule has 0 saturated carbocycles. The van der Waals surface area contributed by atoms with Crippen molar-refractivity contribution in [1.29, 1.82) is 0 Å². The van der Waals surface area contributed by atoms with E-state index in [9.17, 15) is 4.79 Å². The monoisotopic (exact) mass is 250 g/mol. The largest absolute Gasteiger partial charge is 0.333 e. The number of aromatic nitrogens is 1. The highest BCUT2D eigenvalue weighted by Gasteiger charge is 2.06. The maximum atomic E-state index is 11.7. The van der Waals surface area contributed by atoms with E-state index in [1.165, 1.54) is 11.3 Å². The number of aromatic amines is 1. The first kappa shape index (κ1) is 11.0. The van der Waals surface area contributed by atoms with Crippen LogP contribution in [0.15, 0.2) is 29.6 Å². The average molecular weight is 250 g/mol. The predicted octanol–water partition coefficient (Wildman–Crippen LogP) is 3.37. The molecule has 0 fully saturated rings. The van der Waals surface area contributed by atoms with E-state index < -0.39 is 0 Å². The van der Waals surface area contributed by atoms with Crippen molar-refractivity contribution < 1.29 is 4.79 Å². The molecule has 0 spiro atoms. The number of carbonyl (C=O) groups excluding carboxylic acids is 1. The van der Waals surface area contributed by atoms with Crippen LogP contribution in [0.1, 0.15) is 16.1 Å². The lowest BCUT2D eigenvalue weighted by Gasteiger charge is -2.03. The van der Waals surface area contributed by atoms with Gasteiger partial charge in [-0.15, -0.1) is 11.3 Å². The van der Waals surface area contributed by atoms with Gasteiger partial charge in [-0.1, -0.05) is 17.7 Å². The van der Waals surface area contributed by atoms with E-state index in [2.05, 4.69) is 10.3 Å². The summed E-state index contributed by atoms with van der Waals surface area (Å²) in [6.45, 7) is 2.00. The van der Waals surface area contributed by atoms with E-state index >= 15 is 0 Å². The van der Waals surface area contributed by atoms with E-state index in [1.807, 2.05) is 31.2 Å². The lowest BCUT2D eigenvalue weighted by Crippen LogP contribution is -2.11. The van der Waals surface area contributed by atoms with Gasteiger partial charge in [-0.25, -0.2) is 0 Å². The summed E-state index contributed by atoms with van der Waals surface area (Å²) in [6, 6.07) is 7.64. The quantitative estimate of drug-likeness (QED) is 0.803. The Balaban J connectivity index is 2.13. The zero-order valence-electron chi connectivity index (χ0n) is 8.61. The highest BCUT2D eigenvalue weighted by atomic mass is 32.1. The summed E-state index contributed by atoms with van der Waals surface area (Å²) >= 11 is 6.26. The lowest BCUT2D eigenvalue weighted by atomic mass is 10.2. The molecule has 2 N–H and O–H groups in total. The summed E-state index contributed by atoms with van der Waals surface area (Å²) in [6.07, 6.45) is 0. The van der Waals surface area contributed by atoms with Crippen LogP contribution in [0, 0.1) is 10.9 Å². The fourth-order valence-electron chi connectivity index (χ4n) is 1.23. The normalized spacial score (nSPS) is 10.1. The smallest absolute Gasteiger partial charge is 0.272 e. The first-order chi connectivity index (χ1) is 7.65. The fraction of sp³-hybridized carbons (Fsp3) is 0.0909. The van der Waals surface area contributed by atoms with Crippen LogP contribution in [0.25, 0.3) is 0 Å². The standard InChI is InChI=1S/C11H10N2OS2/c1-7-2-4-8(5-3-7)12-10(14)9-6-16-11(15)13-9/h2-6H,1H3,(H,12,14)(H,13,15). The first-order valence-electron chi connectivity index (χ1n) is 4.71. The van der Waals surface area contributed by atoms with Gasteiger partial charge in [0, 0.05) is 11.1 Å². The average Bonchev–Trinajstić information content (AvgIpc) is 2.68.